The molecule has 1 heterocycles. The number of alkyl halides is 1. The minimum absolute atomic E-state index is 0.465. The Morgan fingerprint density at radius 1 is 0.952 bits per heavy atom. The first kappa shape index (κ1) is 14.6. The molecule has 0 radical (unpaired) electrons. The highest BCUT2D eigenvalue weighted by molar-refractivity contribution is 9.09. The van der Waals surface area contributed by atoms with Gasteiger partial charge in [-0.3, -0.25) is 0 Å². The van der Waals surface area contributed by atoms with Gasteiger partial charge in [0.15, 0.2) is 0 Å². The van der Waals surface area contributed by atoms with E-state index < -0.39 is 0 Å². The summed E-state index contributed by atoms with van der Waals surface area (Å²) in [4.78, 5) is 3.95. The van der Waals surface area contributed by atoms with E-state index in [0.29, 0.717) is 4.83 Å². The van der Waals surface area contributed by atoms with Crippen LogP contribution >= 0.6 is 15.9 Å². The van der Waals surface area contributed by atoms with E-state index in [4.69, 9.17) is 0 Å². The molecule has 21 heavy (non-hydrogen) atoms. The summed E-state index contributed by atoms with van der Waals surface area (Å²) in [6.45, 7) is 2.26. The Morgan fingerprint density at radius 3 is 2.62 bits per heavy atom. The Bertz CT molecular complexity index is 729. The molecular weight excluding hydrogens is 322 g/mol. The number of H-pyrrole nitrogens is 1. The van der Waals surface area contributed by atoms with Gasteiger partial charge < -0.3 is 4.98 Å². The van der Waals surface area contributed by atoms with Crippen molar-refractivity contribution in [2.24, 2.45) is 0 Å². The molecule has 1 N–H and O–H groups in total. The summed E-state index contributed by atoms with van der Waals surface area (Å²) in [5.74, 6) is 0. The first-order valence-electron chi connectivity index (χ1n) is 7.94. The maximum atomic E-state index is 3.87. The molecule has 110 valence electrons. The van der Waals surface area contributed by atoms with Gasteiger partial charge in [-0.25, -0.2) is 0 Å². The highest BCUT2D eigenvalue weighted by Gasteiger charge is 2.10. The molecule has 0 saturated heterocycles. The van der Waals surface area contributed by atoms with Gasteiger partial charge in [0.2, 0.25) is 0 Å². The molecule has 3 rings (SSSR count). The zero-order valence-corrected chi connectivity index (χ0v) is 14.1. The number of benzene rings is 2. The number of unbranched alkanes of at least 4 members (excludes halogenated alkanes) is 3. The van der Waals surface area contributed by atoms with Crippen molar-refractivity contribution >= 4 is 37.7 Å². The lowest BCUT2D eigenvalue weighted by molar-refractivity contribution is 0.630. The second kappa shape index (κ2) is 6.65. The number of aromatic amines is 1. The lowest BCUT2D eigenvalue weighted by atomic mass is 10.0. The molecule has 1 unspecified atom stereocenters. The van der Waals surface area contributed by atoms with E-state index >= 15 is 0 Å². The summed E-state index contributed by atoms with van der Waals surface area (Å²) in [6, 6.07) is 15.3. The minimum atomic E-state index is 0.465. The lowest BCUT2D eigenvalue weighted by Crippen LogP contribution is -1.90. The second-order valence-electron chi connectivity index (χ2n) is 5.79. The maximum absolute atomic E-state index is 3.87. The third-order valence-corrected chi connectivity index (χ3v) is 5.19. The topological polar surface area (TPSA) is 15.8 Å². The van der Waals surface area contributed by atoms with Crippen LogP contribution in [0.5, 0.6) is 0 Å². The quantitative estimate of drug-likeness (QED) is 0.377. The first-order chi connectivity index (χ1) is 10.3. The van der Waals surface area contributed by atoms with Crippen molar-refractivity contribution in [3.8, 4) is 0 Å². The molecule has 1 atom stereocenters. The van der Waals surface area contributed by atoms with Crippen LogP contribution in [-0.2, 0) is 0 Å². The van der Waals surface area contributed by atoms with Crippen LogP contribution in [0.2, 0.25) is 0 Å². The van der Waals surface area contributed by atoms with Crippen LogP contribution in [0.25, 0.3) is 21.8 Å². The van der Waals surface area contributed by atoms with Gasteiger partial charge in [-0.05, 0) is 30.2 Å². The highest BCUT2D eigenvalue weighted by Crippen LogP contribution is 2.33. The molecule has 0 aliphatic heterocycles. The fourth-order valence-electron chi connectivity index (χ4n) is 2.98. The second-order valence-corrected chi connectivity index (χ2v) is 6.90. The molecule has 1 nitrogen and oxygen atoms in total. The normalized spacial score (nSPS) is 13.0. The molecule has 2 heteroatoms. The zero-order valence-electron chi connectivity index (χ0n) is 12.5. The van der Waals surface area contributed by atoms with Crippen LogP contribution in [0.3, 0.4) is 0 Å². The smallest absolute Gasteiger partial charge is 0.0465 e. The number of aromatic nitrogens is 1. The largest absolute Gasteiger partial charge is 0.355 e. The summed E-state index contributed by atoms with van der Waals surface area (Å²) in [5, 5.41) is 2.65. The molecule has 0 amide bonds. The summed E-state index contributed by atoms with van der Waals surface area (Å²) >= 11 is 3.87. The third kappa shape index (κ3) is 3.16. The fourth-order valence-corrected chi connectivity index (χ4v) is 3.59. The van der Waals surface area contributed by atoms with E-state index in [9.17, 15) is 0 Å². The Kier molecular flexibility index (Phi) is 4.64. The van der Waals surface area contributed by atoms with E-state index in [2.05, 4.69) is 70.3 Å². The number of hydrogen-bond acceptors (Lipinski definition) is 0. The summed E-state index contributed by atoms with van der Waals surface area (Å²) in [7, 11) is 0. The number of fused-ring (bicyclic) bond motifs is 3. The zero-order chi connectivity index (χ0) is 14.7. The van der Waals surface area contributed by atoms with Crippen LogP contribution in [0.4, 0.5) is 0 Å². The van der Waals surface area contributed by atoms with Gasteiger partial charge in [-0.15, -0.1) is 0 Å². The van der Waals surface area contributed by atoms with Crippen LogP contribution in [0, 0.1) is 0 Å². The predicted molar refractivity (Wildman–Crippen MR) is 96.2 cm³/mol. The van der Waals surface area contributed by atoms with E-state index in [1.807, 2.05) is 0 Å². The summed E-state index contributed by atoms with van der Waals surface area (Å²) in [5.41, 5.74) is 3.84. The highest BCUT2D eigenvalue weighted by atomic mass is 79.9. The average Bonchev–Trinajstić information content (AvgIpc) is 2.89. The Labute approximate surface area is 134 Å². The van der Waals surface area contributed by atoms with Crippen molar-refractivity contribution in [1.82, 2.24) is 4.98 Å². The van der Waals surface area contributed by atoms with E-state index in [0.717, 1.165) is 0 Å². The van der Waals surface area contributed by atoms with Crippen LogP contribution in [-0.4, -0.2) is 4.98 Å². The van der Waals surface area contributed by atoms with Gasteiger partial charge in [-0.2, -0.15) is 0 Å². The number of halogens is 1. The van der Waals surface area contributed by atoms with Crippen molar-refractivity contribution in [2.45, 2.75) is 43.9 Å². The van der Waals surface area contributed by atoms with Crippen molar-refractivity contribution in [2.75, 3.05) is 0 Å². The lowest BCUT2D eigenvalue weighted by Gasteiger charge is -2.10. The number of para-hydroxylation sites is 1. The van der Waals surface area contributed by atoms with Crippen molar-refractivity contribution in [3.05, 3.63) is 48.0 Å². The van der Waals surface area contributed by atoms with E-state index in [-0.39, 0.29) is 0 Å². The maximum Gasteiger partial charge on any atom is 0.0465 e. The van der Waals surface area contributed by atoms with Gasteiger partial charge in [-0.1, -0.05) is 72.8 Å². The minimum Gasteiger partial charge on any atom is -0.355 e. The van der Waals surface area contributed by atoms with E-state index in [1.54, 1.807) is 0 Å². The molecule has 0 aliphatic carbocycles. The Morgan fingerprint density at radius 2 is 1.76 bits per heavy atom. The molecule has 1 aromatic heterocycles. The molecule has 0 fully saturated rings. The van der Waals surface area contributed by atoms with Crippen molar-refractivity contribution in [3.63, 3.8) is 0 Å². The van der Waals surface area contributed by atoms with Crippen molar-refractivity contribution < 1.29 is 0 Å². The molecule has 0 aliphatic rings. The van der Waals surface area contributed by atoms with Gasteiger partial charge in [0, 0.05) is 26.6 Å². The monoisotopic (exact) mass is 343 g/mol. The Hall–Kier alpha value is -1.28. The number of nitrogens with one attached hydrogen (secondary N) is 1. The third-order valence-electron chi connectivity index (χ3n) is 4.20. The molecule has 0 saturated carbocycles. The average molecular weight is 344 g/mol. The number of hydrogen-bond donors (Lipinski definition) is 1. The molecule has 0 spiro atoms. The Balaban J connectivity index is 1.84. The van der Waals surface area contributed by atoms with Crippen molar-refractivity contribution in [1.29, 1.82) is 0 Å². The first-order valence-corrected chi connectivity index (χ1v) is 8.85. The molecule has 3 aromatic rings. The summed E-state index contributed by atoms with van der Waals surface area (Å²) < 4.78 is 0. The van der Waals surface area contributed by atoms with E-state index in [1.165, 1.54) is 59.5 Å². The fraction of sp³-hybridized carbons (Fsp3) is 0.368. The predicted octanol–water partition coefficient (Wildman–Crippen LogP) is 6.73. The summed E-state index contributed by atoms with van der Waals surface area (Å²) in [6.07, 6.45) is 6.51. The molecular formula is C19H22BrN. The van der Waals surface area contributed by atoms with Crippen LogP contribution < -0.4 is 0 Å². The van der Waals surface area contributed by atoms with Gasteiger partial charge >= 0.3 is 0 Å². The van der Waals surface area contributed by atoms with Gasteiger partial charge in [0.05, 0.1) is 0 Å². The molecule has 2 aromatic carbocycles. The van der Waals surface area contributed by atoms with Crippen LogP contribution in [0.15, 0.2) is 42.5 Å². The molecule has 0 bridgehead atoms. The van der Waals surface area contributed by atoms with Gasteiger partial charge in [0.25, 0.3) is 0 Å². The standard InChI is InChI=1S/C19H22BrN/c1-2-3-4-5-9-17(20)14-11-12-19-16(13-14)15-8-6-7-10-18(15)21-19/h6-8,10-13,17,21H,2-5,9H2,1H3. The number of rotatable bonds is 6. The van der Waals surface area contributed by atoms with Gasteiger partial charge in [0.1, 0.15) is 0 Å². The van der Waals surface area contributed by atoms with Crippen LogP contribution in [0.1, 0.15) is 49.4 Å². The SMILES string of the molecule is CCCCCCC(Br)c1ccc2[nH]c3ccccc3c2c1.